The van der Waals surface area contributed by atoms with Gasteiger partial charge in [0.1, 0.15) is 17.3 Å². The molecule has 1 heterocycles. The van der Waals surface area contributed by atoms with E-state index in [9.17, 15) is 0 Å². The van der Waals surface area contributed by atoms with Gasteiger partial charge >= 0.3 is 0 Å². The van der Waals surface area contributed by atoms with Crippen LogP contribution in [0.4, 0.5) is 11.8 Å². The molecule has 22 heavy (non-hydrogen) atoms. The number of nitrogens with zero attached hydrogens (tertiary/aromatic N) is 2. The van der Waals surface area contributed by atoms with Crippen molar-refractivity contribution < 1.29 is 9.47 Å². The first-order valence-corrected chi connectivity index (χ1v) is 7.05. The van der Waals surface area contributed by atoms with Crippen LogP contribution in [-0.2, 0) is 0 Å². The van der Waals surface area contributed by atoms with E-state index in [2.05, 4.69) is 15.3 Å². The highest BCUT2D eigenvalue weighted by Gasteiger charge is 2.15. The van der Waals surface area contributed by atoms with Crippen LogP contribution in [0.1, 0.15) is 29.8 Å². The SMILES string of the molecule is COc1ccc(OC)c([C@@H](C)Nc2nc(N)nc(C)c2C)c1. The third-order valence-corrected chi connectivity index (χ3v) is 3.66. The Kier molecular flexibility index (Phi) is 4.70. The average Bonchev–Trinajstić information content (AvgIpc) is 2.51. The van der Waals surface area contributed by atoms with Gasteiger partial charge < -0.3 is 20.5 Å². The minimum absolute atomic E-state index is 0.0301. The van der Waals surface area contributed by atoms with Crippen LogP contribution in [0.2, 0.25) is 0 Å². The van der Waals surface area contributed by atoms with E-state index in [0.717, 1.165) is 34.1 Å². The summed E-state index contributed by atoms with van der Waals surface area (Å²) in [6.45, 7) is 5.91. The largest absolute Gasteiger partial charge is 0.497 e. The molecule has 118 valence electrons. The van der Waals surface area contributed by atoms with Crippen LogP contribution in [0.5, 0.6) is 11.5 Å². The number of nitrogen functional groups attached to an aromatic ring is 1. The van der Waals surface area contributed by atoms with Crippen molar-refractivity contribution in [3.05, 3.63) is 35.0 Å². The maximum Gasteiger partial charge on any atom is 0.222 e. The monoisotopic (exact) mass is 302 g/mol. The first-order chi connectivity index (χ1) is 10.5. The molecular weight excluding hydrogens is 280 g/mol. The molecule has 0 aliphatic heterocycles. The molecule has 1 atom stereocenters. The summed E-state index contributed by atoms with van der Waals surface area (Å²) < 4.78 is 10.7. The Morgan fingerprint density at radius 3 is 2.50 bits per heavy atom. The van der Waals surface area contributed by atoms with Crippen LogP contribution in [0, 0.1) is 13.8 Å². The molecule has 0 bridgehead atoms. The van der Waals surface area contributed by atoms with E-state index in [1.165, 1.54) is 0 Å². The second-order valence-corrected chi connectivity index (χ2v) is 5.11. The smallest absolute Gasteiger partial charge is 0.222 e. The second-order valence-electron chi connectivity index (χ2n) is 5.11. The van der Waals surface area contributed by atoms with Crippen LogP contribution < -0.4 is 20.5 Å². The van der Waals surface area contributed by atoms with Gasteiger partial charge in [0.05, 0.1) is 20.3 Å². The predicted octanol–water partition coefficient (Wildman–Crippen LogP) is 2.87. The van der Waals surface area contributed by atoms with Crippen molar-refractivity contribution >= 4 is 11.8 Å². The van der Waals surface area contributed by atoms with E-state index in [0.29, 0.717) is 0 Å². The van der Waals surface area contributed by atoms with Crippen molar-refractivity contribution in [2.45, 2.75) is 26.8 Å². The van der Waals surface area contributed by atoms with Gasteiger partial charge in [-0.3, -0.25) is 0 Å². The number of hydrogen-bond acceptors (Lipinski definition) is 6. The van der Waals surface area contributed by atoms with Gasteiger partial charge in [0.25, 0.3) is 0 Å². The Hall–Kier alpha value is -2.50. The zero-order valence-electron chi connectivity index (χ0n) is 13.6. The fourth-order valence-corrected chi connectivity index (χ4v) is 2.25. The molecule has 0 saturated carbocycles. The van der Waals surface area contributed by atoms with Crippen LogP contribution in [0.25, 0.3) is 0 Å². The fraction of sp³-hybridized carbons (Fsp3) is 0.375. The quantitative estimate of drug-likeness (QED) is 0.883. The number of methoxy groups -OCH3 is 2. The third kappa shape index (κ3) is 3.21. The van der Waals surface area contributed by atoms with Crippen molar-refractivity contribution in [1.82, 2.24) is 9.97 Å². The Morgan fingerprint density at radius 2 is 1.86 bits per heavy atom. The van der Waals surface area contributed by atoms with Gasteiger partial charge in [-0.25, -0.2) is 4.98 Å². The lowest BCUT2D eigenvalue weighted by Crippen LogP contribution is -2.13. The molecule has 3 N–H and O–H groups in total. The van der Waals surface area contributed by atoms with Crippen LogP contribution in [0.15, 0.2) is 18.2 Å². The topological polar surface area (TPSA) is 82.3 Å². The third-order valence-electron chi connectivity index (χ3n) is 3.66. The number of anilines is 2. The van der Waals surface area contributed by atoms with Crippen LogP contribution in [-0.4, -0.2) is 24.2 Å². The summed E-state index contributed by atoms with van der Waals surface area (Å²) in [4.78, 5) is 8.44. The maximum absolute atomic E-state index is 5.74. The standard InChI is InChI=1S/C16H22N4O2/c1-9-10(2)19-16(17)20-15(9)18-11(3)13-8-12(21-4)6-7-14(13)22-5/h6-8,11H,1-5H3,(H3,17,18,19,20)/t11-/m1/s1. The first-order valence-electron chi connectivity index (χ1n) is 7.05. The molecular formula is C16H22N4O2. The molecule has 0 aliphatic carbocycles. The van der Waals surface area contributed by atoms with Gasteiger partial charge in [-0.1, -0.05) is 0 Å². The highest BCUT2D eigenvalue weighted by atomic mass is 16.5. The predicted molar refractivity (Wildman–Crippen MR) is 87.5 cm³/mol. The average molecular weight is 302 g/mol. The van der Waals surface area contributed by atoms with Gasteiger partial charge in [0, 0.05) is 16.8 Å². The Bertz CT molecular complexity index is 673. The molecule has 0 aliphatic rings. The van der Waals surface area contributed by atoms with Crippen molar-refractivity contribution in [3.63, 3.8) is 0 Å². The fourth-order valence-electron chi connectivity index (χ4n) is 2.25. The minimum Gasteiger partial charge on any atom is -0.497 e. The lowest BCUT2D eigenvalue weighted by Gasteiger charge is -2.20. The lowest BCUT2D eigenvalue weighted by molar-refractivity contribution is 0.397. The molecule has 0 amide bonds. The van der Waals surface area contributed by atoms with Crippen molar-refractivity contribution in [1.29, 1.82) is 0 Å². The molecule has 0 fully saturated rings. The molecule has 6 heteroatoms. The van der Waals surface area contributed by atoms with Crippen molar-refractivity contribution in [2.24, 2.45) is 0 Å². The molecule has 6 nitrogen and oxygen atoms in total. The number of aromatic nitrogens is 2. The zero-order valence-corrected chi connectivity index (χ0v) is 13.6. The number of aryl methyl sites for hydroxylation is 1. The van der Waals surface area contributed by atoms with E-state index in [1.54, 1.807) is 14.2 Å². The molecule has 0 radical (unpaired) electrons. The Morgan fingerprint density at radius 1 is 1.14 bits per heavy atom. The number of benzene rings is 1. The summed E-state index contributed by atoms with van der Waals surface area (Å²) in [5.74, 6) is 2.55. The molecule has 2 aromatic rings. The van der Waals surface area contributed by atoms with Gasteiger partial charge in [0.15, 0.2) is 0 Å². The number of hydrogen-bond donors (Lipinski definition) is 2. The molecule has 2 rings (SSSR count). The number of rotatable bonds is 5. The highest BCUT2D eigenvalue weighted by Crippen LogP contribution is 2.31. The minimum atomic E-state index is -0.0301. The summed E-state index contributed by atoms with van der Waals surface area (Å²) in [5.41, 5.74) is 8.56. The van der Waals surface area contributed by atoms with Crippen LogP contribution >= 0.6 is 0 Å². The summed E-state index contributed by atoms with van der Waals surface area (Å²) >= 11 is 0. The maximum atomic E-state index is 5.74. The van der Waals surface area contributed by atoms with Gasteiger partial charge in [-0.2, -0.15) is 4.98 Å². The zero-order chi connectivity index (χ0) is 16.3. The van der Waals surface area contributed by atoms with E-state index in [1.807, 2.05) is 39.0 Å². The molecule has 1 aromatic heterocycles. The highest BCUT2D eigenvalue weighted by molar-refractivity contribution is 5.52. The molecule has 0 unspecified atom stereocenters. The summed E-state index contributed by atoms with van der Waals surface area (Å²) in [6.07, 6.45) is 0. The normalized spacial score (nSPS) is 11.9. The molecule has 1 aromatic carbocycles. The van der Waals surface area contributed by atoms with Gasteiger partial charge in [-0.15, -0.1) is 0 Å². The van der Waals surface area contributed by atoms with Crippen molar-refractivity contribution in [3.8, 4) is 11.5 Å². The van der Waals surface area contributed by atoms with Gasteiger partial charge in [-0.05, 0) is 39.0 Å². The molecule has 0 spiro atoms. The first kappa shape index (κ1) is 15.9. The van der Waals surface area contributed by atoms with Crippen LogP contribution in [0.3, 0.4) is 0 Å². The lowest BCUT2D eigenvalue weighted by atomic mass is 10.1. The summed E-state index contributed by atoms with van der Waals surface area (Å²) in [7, 11) is 3.29. The molecule has 0 saturated heterocycles. The van der Waals surface area contributed by atoms with E-state index in [4.69, 9.17) is 15.2 Å². The van der Waals surface area contributed by atoms with E-state index in [-0.39, 0.29) is 12.0 Å². The van der Waals surface area contributed by atoms with Gasteiger partial charge in [0.2, 0.25) is 5.95 Å². The summed E-state index contributed by atoms with van der Waals surface area (Å²) in [6, 6.07) is 5.67. The van der Waals surface area contributed by atoms with E-state index >= 15 is 0 Å². The Labute approximate surface area is 130 Å². The Balaban J connectivity index is 2.35. The van der Waals surface area contributed by atoms with E-state index < -0.39 is 0 Å². The number of nitrogens with one attached hydrogen (secondary N) is 1. The second kappa shape index (κ2) is 6.51. The summed E-state index contributed by atoms with van der Waals surface area (Å²) in [5, 5.41) is 3.37. The van der Waals surface area contributed by atoms with Crippen molar-refractivity contribution in [2.75, 3.05) is 25.3 Å². The number of nitrogens with two attached hydrogens (primary N) is 1. The number of ether oxygens (including phenoxy) is 2.